The van der Waals surface area contributed by atoms with Crippen LogP contribution in [0.1, 0.15) is 34.8 Å². The SMILES string of the molecule is O=C(O)C(F)(F)F.[2H]C([2H])([2H])c1ccc(C(O)(C(C)(C)O)C(F)(F)F)cc1-c1cnc2c(N)nc(C(F)(F)F)cn12. The van der Waals surface area contributed by atoms with Gasteiger partial charge >= 0.3 is 24.5 Å². The van der Waals surface area contributed by atoms with E-state index in [-0.39, 0.29) is 11.3 Å². The van der Waals surface area contributed by atoms with Crippen LogP contribution in [0.3, 0.4) is 0 Å². The molecular weight excluding hydrogens is 543 g/mol. The van der Waals surface area contributed by atoms with E-state index in [0.29, 0.717) is 32.2 Å². The number of hydrogen-bond donors (Lipinski definition) is 4. The number of nitrogen functional groups attached to an aromatic ring is 1. The lowest BCUT2D eigenvalue weighted by Crippen LogP contribution is -2.57. The van der Waals surface area contributed by atoms with Crippen LogP contribution in [0.15, 0.2) is 30.6 Å². The molecule has 0 bridgehead atoms. The van der Waals surface area contributed by atoms with Gasteiger partial charge in [0.15, 0.2) is 17.2 Å². The number of benzene rings is 1. The average Bonchev–Trinajstić information content (AvgIpc) is 3.19. The van der Waals surface area contributed by atoms with E-state index in [0.717, 1.165) is 16.7 Å². The van der Waals surface area contributed by atoms with E-state index in [1.807, 2.05) is 0 Å². The standard InChI is InChI=1S/C19H18F6N4O2.C2HF3O2/c1-9-4-5-10(17(31,16(2,3)30)19(23,24)25)6-11(9)12-7-27-15-14(26)28-13(8-29(12)15)18(20,21)22;3-2(4,5)1(6)7/h4-8,30-31H,1-3H3,(H2,26,28);(H,6,7)/i1D3;. The van der Waals surface area contributed by atoms with Gasteiger partial charge in [0.05, 0.1) is 11.9 Å². The molecule has 0 aliphatic carbocycles. The van der Waals surface area contributed by atoms with Crippen LogP contribution < -0.4 is 5.73 Å². The Morgan fingerprint density at radius 3 is 2.03 bits per heavy atom. The number of carboxylic acid groups (broad SMARTS) is 1. The second-order valence-corrected chi connectivity index (χ2v) is 8.18. The van der Waals surface area contributed by atoms with Crippen molar-refractivity contribution in [2.45, 2.75) is 50.4 Å². The van der Waals surface area contributed by atoms with Gasteiger partial charge in [-0.25, -0.2) is 14.8 Å². The van der Waals surface area contributed by atoms with E-state index in [1.165, 1.54) is 0 Å². The normalized spacial score (nSPS) is 16.1. The number of anilines is 1. The van der Waals surface area contributed by atoms with Crippen molar-refractivity contribution in [3.63, 3.8) is 0 Å². The van der Waals surface area contributed by atoms with Crippen molar-refractivity contribution in [3.8, 4) is 11.3 Å². The number of aryl methyl sites for hydroxylation is 1. The number of aliphatic carboxylic acids is 1. The summed E-state index contributed by atoms with van der Waals surface area (Å²) in [4.78, 5) is 15.9. The maximum atomic E-state index is 13.9. The Hall–Kier alpha value is -3.60. The molecule has 0 aliphatic heterocycles. The summed E-state index contributed by atoms with van der Waals surface area (Å²) in [7, 11) is 0. The predicted molar refractivity (Wildman–Crippen MR) is 113 cm³/mol. The number of aliphatic hydroxyl groups is 2. The van der Waals surface area contributed by atoms with Crippen molar-refractivity contribution >= 4 is 17.4 Å². The molecule has 1 aromatic carbocycles. The third-order valence-electron chi connectivity index (χ3n) is 5.06. The van der Waals surface area contributed by atoms with E-state index < -0.39 is 70.8 Å². The van der Waals surface area contributed by atoms with Crippen LogP contribution in [0.5, 0.6) is 0 Å². The molecular formula is C21H19F9N4O4. The summed E-state index contributed by atoms with van der Waals surface area (Å²) in [6.07, 6.45) is -14.1. The number of rotatable bonds is 3. The summed E-state index contributed by atoms with van der Waals surface area (Å²) in [5.74, 6) is -3.41. The van der Waals surface area contributed by atoms with Gasteiger partial charge in [-0.2, -0.15) is 39.5 Å². The first-order valence-corrected chi connectivity index (χ1v) is 9.81. The number of carbonyl (C=O) groups is 1. The number of alkyl halides is 9. The van der Waals surface area contributed by atoms with Crippen LogP contribution in [-0.4, -0.2) is 53.6 Å². The molecule has 3 rings (SSSR count). The molecule has 1 atom stereocenters. The van der Waals surface area contributed by atoms with Crippen molar-refractivity contribution in [3.05, 3.63) is 47.4 Å². The zero-order valence-corrected chi connectivity index (χ0v) is 19.0. The van der Waals surface area contributed by atoms with Gasteiger partial charge in [-0.3, -0.25) is 4.40 Å². The van der Waals surface area contributed by atoms with Gasteiger partial charge in [-0.05, 0) is 37.9 Å². The van der Waals surface area contributed by atoms with Crippen LogP contribution >= 0.6 is 0 Å². The molecule has 0 spiro atoms. The van der Waals surface area contributed by atoms with Crippen LogP contribution in [0.2, 0.25) is 0 Å². The van der Waals surface area contributed by atoms with Crippen LogP contribution in [0.25, 0.3) is 16.9 Å². The van der Waals surface area contributed by atoms with Gasteiger partial charge in [0.1, 0.15) is 5.60 Å². The highest BCUT2D eigenvalue weighted by atomic mass is 19.4. The number of halogens is 9. The van der Waals surface area contributed by atoms with Crippen molar-refractivity contribution < 1.29 is 63.7 Å². The molecule has 0 amide bonds. The highest BCUT2D eigenvalue weighted by Crippen LogP contribution is 2.47. The molecule has 0 aliphatic rings. The number of carboxylic acids is 1. The lowest BCUT2D eigenvalue weighted by atomic mass is 9.78. The largest absolute Gasteiger partial charge is 0.490 e. The molecule has 5 N–H and O–H groups in total. The Morgan fingerprint density at radius 1 is 1.05 bits per heavy atom. The zero-order chi connectivity index (χ0) is 32.1. The fourth-order valence-electron chi connectivity index (χ4n) is 3.19. The summed E-state index contributed by atoms with van der Waals surface area (Å²) < 4.78 is 137. The maximum Gasteiger partial charge on any atom is 0.490 e. The lowest BCUT2D eigenvalue weighted by Gasteiger charge is -2.40. The minimum atomic E-state index is -5.42. The number of imidazole rings is 1. The molecule has 0 radical (unpaired) electrons. The molecule has 8 nitrogen and oxygen atoms in total. The molecule has 38 heavy (non-hydrogen) atoms. The Labute approximate surface area is 211 Å². The molecule has 2 heterocycles. The quantitative estimate of drug-likeness (QED) is 0.345. The van der Waals surface area contributed by atoms with Crippen molar-refractivity contribution in [1.82, 2.24) is 14.4 Å². The first-order chi connectivity index (χ1) is 18.1. The molecule has 0 saturated heterocycles. The highest BCUT2D eigenvalue weighted by molar-refractivity contribution is 5.73. The molecule has 17 heteroatoms. The fourth-order valence-corrected chi connectivity index (χ4v) is 3.19. The summed E-state index contributed by atoms with van der Waals surface area (Å²) in [5.41, 5.74) is -5.18. The summed E-state index contributed by atoms with van der Waals surface area (Å²) in [6.45, 7) is -1.52. The Balaban J connectivity index is 0.000000745. The van der Waals surface area contributed by atoms with E-state index in [9.17, 15) is 49.7 Å². The number of fused-ring (bicyclic) bond motifs is 1. The van der Waals surface area contributed by atoms with Crippen molar-refractivity contribution in [1.29, 1.82) is 0 Å². The summed E-state index contributed by atoms with van der Waals surface area (Å²) >= 11 is 0. The number of aromatic nitrogens is 3. The smallest absolute Gasteiger partial charge is 0.475 e. The predicted octanol–water partition coefficient (Wildman–Crippen LogP) is 4.46. The minimum absolute atomic E-state index is 0.307. The van der Waals surface area contributed by atoms with Crippen molar-refractivity contribution in [2.75, 3.05) is 5.73 Å². The van der Waals surface area contributed by atoms with Crippen LogP contribution in [0, 0.1) is 6.85 Å². The second kappa shape index (κ2) is 9.61. The summed E-state index contributed by atoms with van der Waals surface area (Å²) in [6, 6.07) is 2.09. The van der Waals surface area contributed by atoms with Crippen molar-refractivity contribution in [2.24, 2.45) is 0 Å². The third kappa shape index (κ3) is 5.77. The van der Waals surface area contributed by atoms with Gasteiger partial charge < -0.3 is 21.1 Å². The van der Waals surface area contributed by atoms with Gasteiger partial charge in [0.2, 0.25) is 5.60 Å². The van der Waals surface area contributed by atoms with E-state index >= 15 is 0 Å². The molecule has 0 fully saturated rings. The molecule has 3 aromatic rings. The van der Waals surface area contributed by atoms with E-state index in [1.54, 1.807) is 0 Å². The first-order valence-electron chi connectivity index (χ1n) is 11.3. The number of nitrogens with zero attached hydrogens (tertiary/aromatic N) is 3. The van der Waals surface area contributed by atoms with Crippen LogP contribution in [-0.2, 0) is 16.6 Å². The zero-order valence-electron chi connectivity index (χ0n) is 22.0. The minimum Gasteiger partial charge on any atom is -0.475 e. The number of hydrogen-bond acceptors (Lipinski definition) is 6. The van der Waals surface area contributed by atoms with Gasteiger partial charge in [-0.15, -0.1) is 0 Å². The van der Waals surface area contributed by atoms with E-state index in [4.69, 9.17) is 19.7 Å². The van der Waals surface area contributed by atoms with E-state index in [2.05, 4.69) is 9.97 Å². The molecule has 1 unspecified atom stereocenters. The average molecular weight is 565 g/mol. The second-order valence-electron chi connectivity index (χ2n) is 8.18. The fraction of sp³-hybridized carbons (Fsp3) is 0.381. The summed E-state index contributed by atoms with van der Waals surface area (Å²) in [5, 5.41) is 27.8. The Morgan fingerprint density at radius 2 is 1.61 bits per heavy atom. The topological polar surface area (TPSA) is 134 Å². The van der Waals surface area contributed by atoms with Gasteiger partial charge in [-0.1, -0.05) is 12.1 Å². The maximum absolute atomic E-state index is 13.9. The molecule has 0 saturated carbocycles. The molecule has 210 valence electrons. The van der Waals surface area contributed by atoms with Gasteiger partial charge in [0, 0.05) is 15.9 Å². The highest BCUT2D eigenvalue weighted by Gasteiger charge is 2.63. The monoisotopic (exact) mass is 565 g/mol. The Kier molecular flexibility index (Phi) is 6.58. The third-order valence-corrected chi connectivity index (χ3v) is 5.06. The van der Waals surface area contributed by atoms with Gasteiger partial charge in [0.25, 0.3) is 0 Å². The molecule has 2 aromatic heterocycles. The Bertz CT molecular complexity index is 1430. The first kappa shape index (κ1) is 26.0. The number of nitrogens with two attached hydrogens (primary N) is 1. The van der Waals surface area contributed by atoms with Crippen LogP contribution in [0.4, 0.5) is 45.3 Å². The lowest BCUT2D eigenvalue weighted by molar-refractivity contribution is -0.319.